The molecule has 2 aromatic heterocycles. The van der Waals surface area contributed by atoms with Crippen molar-refractivity contribution in [1.82, 2.24) is 24.5 Å². The Hall–Kier alpha value is -3.82. The number of nitrogens with zero attached hydrogens (tertiary/aromatic N) is 5. The van der Waals surface area contributed by atoms with Gasteiger partial charge < -0.3 is 10.4 Å². The average molecular weight is 537 g/mol. The maximum absolute atomic E-state index is 15.0. The Bertz CT molecular complexity index is 1550. The lowest BCUT2D eigenvalue weighted by Gasteiger charge is -2.35. The van der Waals surface area contributed by atoms with Crippen LogP contribution in [0.2, 0.25) is 5.02 Å². The molecule has 2 N–H and O–H groups in total. The number of aromatic nitrogens is 5. The number of aliphatic hydroxyl groups is 1. The summed E-state index contributed by atoms with van der Waals surface area (Å²) >= 11 is 5.98. The Morgan fingerprint density at radius 3 is 2.55 bits per heavy atom. The molecule has 2 atom stereocenters. The predicted octanol–water partition coefficient (Wildman–Crippen LogP) is 5.88. The van der Waals surface area contributed by atoms with Gasteiger partial charge in [0.1, 0.15) is 29.9 Å². The lowest BCUT2D eigenvalue weighted by atomic mass is 9.86. The number of anilines is 1. The van der Waals surface area contributed by atoms with Gasteiger partial charge in [-0.15, -0.1) is 0 Å². The molecule has 196 valence electrons. The second kappa shape index (κ2) is 10.5. The first-order chi connectivity index (χ1) is 18.3. The highest BCUT2D eigenvalue weighted by Gasteiger charge is 2.41. The summed E-state index contributed by atoms with van der Waals surface area (Å²) in [5.41, 5.74) is 1.73. The number of hydrogen-bond acceptors (Lipinski definition) is 5. The van der Waals surface area contributed by atoms with E-state index < -0.39 is 23.3 Å². The summed E-state index contributed by atoms with van der Waals surface area (Å²) in [5, 5.41) is 26.0. The van der Waals surface area contributed by atoms with E-state index in [2.05, 4.69) is 15.4 Å². The average Bonchev–Trinajstić information content (AvgIpc) is 3.54. The van der Waals surface area contributed by atoms with Gasteiger partial charge in [0.15, 0.2) is 0 Å². The summed E-state index contributed by atoms with van der Waals surface area (Å²) in [6, 6.07) is 16.0. The van der Waals surface area contributed by atoms with Crippen molar-refractivity contribution in [2.75, 3.05) is 5.32 Å². The minimum Gasteiger partial charge on any atom is -0.381 e. The van der Waals surface area contributed by atoms with Crippen LogP contribution in [0.4, 0.5) is 14.5 Å². The predicted molar refractivity (Wildman–Crippen MR) is 143 cm³/mol. The van der Waals surface area contributed by atoms with E-state index >= 15 is 4.39 Å². The van der Waals surface area contributed by atoms with Gasteiger partial charge in [0.05, 0.1) is 18.1 Å². The molecule has 0 aliphatic heterocycles. The van der Waals surface area contributed by atoms with E-state index in [9.17, 15) is 9.50 Å². The molecule has 0 spiro atoms. The molecular weight excluding hydrogens is 510 g/mol. The molecular formula is C28H27ClF2N6O. The second-order valence-electron chi connectivity index (χ2n) is 9.27. The summed E-state index contributed by atoms with van der Waals surface area (Å²) in [5.74, 6) is -1.57. The molecule has 0 saturated heterocycles. The Balaban J connectivity index is 1.52. The van der Waals surface area contributed by atoms with E-state index in [0.717, 1.165) is 40.0 Å². The molecule has 0 aliphatic carbocycles. The monoisotopic (exact) mass is 536 g/mol. The van der Waals surface area contributed by atoms with Gasteiger partial charge >= 0.3 is 0 Å². The van der Waals surface area contributed by atoms with Crippen LogP contribution < -0.4 is 5.32 Å². The molecule has 2 heterocycles. The van der Waals surface area contributed by atoms with E-state index in [1.807, 2.05) is 49.4 Å². The Morgan fingerprint density at radius 1 is 1.08 bits per heavy atom. The van der Waals surface area contributed by atoms with Crippen LogP contribution in [0.5, 0.6) is 0 Å². The van der Waals surface area contributed by atoms with Gasteiger partial charge in [0.25, 0.3) is 0 Å². The van der Waals surface area contributed by atoms with Crippen molar-refractivity contribution in [1.29, 1.82) is 0 Å². The Morgan fingerprint density at radius 2 is 1.87 bits per heavy atom. The van der Waals surface area contributed by atoms with Crippen LogP contribution >= 0.6 is 11.6 Å². The molecule has 0 amide bonds. The number of aryl methyl sites for hydroxylation is 1. The van der Waals surface area contributed by atoms with Crippen molar-refractivity contribution in [2.24, 2.45) is 0 Å². The summed E-state index contributed by atoms with van der Waals surface area (Å²) in [6.07, 6.45) is 3.41. The zero-order valence-electron chi connectivity index (χ0n) is 20.9. The van der Waals surface area contributed by atoms with Crippen molar-refractivity contribution in [3.63, 3.8) is 0 Å². The highest BCUT2D eigenvalue weighted by atomic mass is 35.5. The molecule has 0 radical (unpaired) electrons. The fourth-order valence-electron chi connectivity index (χ4n) is 4.79. The van der Waals surface area contributed by atoms with E-state index in [0.29, 0.717) is 18.0 Å². The van der Waals surface area contributed by atoms with Gasteiger partial charge in [-0.05, 0) is 55.3 Å². The third kappa shape index (κ3) is 4.99. The van der Waals surface area contributed by atoms with Crippen molar-refractivity contribution in [3.05, 3.63) is 107 Å². The molecule has 38 heavy (non-hydrogen) atoms. The fourth-order valence-corrected chi connectivity index (χ4v) is 4.92. The van der Waals surface area contributed by atoms with Crippen LogP contribution in [0.25, 0.3) is 10.9 Å². The number of benzene rings is 3. The summed E-state index contributed by atoms with van der Waals surface area (Å²) in [7, 11) is 0. The Labute approximate surface area is 223 Å². The Kier molecular flexibility index (Phi) is 7.14. The molecule has 0 fully saturated rings. The van der Waals surface area contributed by atoms with Gasteiger partial charge in [-0.25, -0.2) is 18.4 Å². The summed E-state index contributed by atoms with van der Waals surface area (Å²) in [4.78, 5) is 3.94. The molecule has 0 aliphatic rings. The zero-order chi connectivity index (χ0) is 26.9. The lowest BCUT2D eigenvalue weighted by molar-refractivity contribution is -0.0374. The third-order valence-electron chi connectivity index (χ3n) is 6.87. The smallest absolute Gasteiger partial charge is 0.137 e. The SMILES string of the molecule is CCc1c2ccc(NCc3ccc(Cl)cc3)cc2nn1[C@H](C)[C@](O)(Cn1cncn1)c1ccc(F)cc1F. The van der Waals surface area contributed by atoms with Crippen LogP contribution in [0.15, 0.2) is 73.3 Å². The van der Waals surface area contributed by atoms with Crippen LogP contribution in [-0.4, -0.2) is 29.7 Å². The van der Waals surface area contributed by atoms with Gasteiger partial charge in [-0.1, -0.05) is 36.7 Å². The molecule has 0 bridgehead atoms. The highest BCUT2D eigenvalue weighted by Crippen LogP contribution is 2.38. The minimum atomic E-state index is -1.81. The van der Waals surface area contributed by atoms with Crippen LogP contribution in [0.1, 0.15) is 36.7 Å². The summed E-state index contributed by atoms with van der Waals surface area (Å²) in [6.45, 7) is 4.28. The van der Waals surface area contributed by atoms with Gasteiger partial charge in [-0.2, -0.15) is 10.2 Å². The number of halogens is 3. The second-order valence-corrected chi connectivity index (χ2v) is 9.71. The number of hydrogen-bond donors (Lipinski definition) is 2. The largest absolute Gasteiger partial charge is 0.381 e. The number of fused-ring (bicyclic) bond motifs is 1. The van der Waals surface area contributed by atoms with Crippen LogP contribution in [-0.2, 0) is 25.1 Å². The highest BCUT2D eigenvalue weighted by molar-refractivity contribution is 6.30. The van der Waals surface area contributed by atoms with Crippen LogP contribution in [0, 0.1) is 11.6 Å². The van der Waals surface area contributed by atoms with Crippen molar-refractivity contribution in [3.8, 4) is 0 Å². The van der Waals surface area contributed by atoms with E-state index in [1.54, 1.807) is 11.6 Å². The lowest BCUT2D eigenvalue weighted by Crippen LogP contribution is -2.41. The number of nitrogens with one attached hydrogen (secondary N) is 1. The number of rotatable bonds is 9. The quantitative estimate of drug-likeness (QED) is 0.246. The van der Waals surface area contributed by atoms with E-state index in [1.165, 1.54) is 23.4 Å². The molecule has 5 rings (SSSR count). The topological polar surface area (TPSA) is 80.8 Å². The maximum atomic E-state index is 15.0. The van der Waals surface area contributed by atoms with Gasteiger partial charge in [0.2, 0.25) is 0 Å². The third-order valence-corrected chi connectivity index (χ3v) is 7.12. The first-order valence-electron chi connectivity index (χ1n) is 12.3. The van der Waals surface area contributed by atoms with Crippen molar-refractivity contribution in [2.45, 2.75) is 45.0 Å². The van der Waals surface area contributed by atoms with E-state index in [4.69, 9.17) is 16.7 Å². The maximum Gasteiger partial charge on any atom is 0.137 e. The first-order valence-corrected chi connectivity index (χ1v) is 12.7. The summed E-state index contributed by atoms with van der Waals surface area (Å²) < 4.78 is 31.9. The minimum absolute atomic E-state index is 0.0474. The van der Waals surface area contributed by atoms with Crippen molar-refractivity contribution < 1.29 is 13.9 Å². The van der Waals surface area contributed by atoms with Gasteiger partial charge in [0, 0.05) is 40.0 Å². The normalized spacial score (nSPS) is 13.9. The van der Waals surface area contributed by atoms with Crippen molar-refractivity contribution >= 4 is 28.2 Å². The first kappa shape index (κ1) is 25.8. The molecule has 3 aromatic carbocycles. The zero-order valence-corrected chi connectivity index (χ0v) is 21.7. The molecule has 0 saturated carbocycles. The molecule has 5 aromatic rings. The molecule has 7 nitrogen and oxygen atoms in total. The van der Waals surface area contributed by atoms with E-state index in [-0.39, 0.29) is 12.1 Å². The van der Waals surface area contributed by atoms with Crippen LogP contribution in [0.3, 0.4) is 0 Å². The fraction of sp³-hybridized carbons (Fsp3) is 0.250. The van der Waals surface area contributed by atoms with Gasteiger partial charge in [-0.3, -0.25) is 4.68 Å². The molecule has 0 unspecified atom stereocenters. The molecule has 10 heteroatoms. The standard InChI is InChI=1S/C28H27ClF2N6O/c1-3-27-23-10-9-22(33-14-19-4-6-20(29)7-5-19)13-26(23)35-37(27)18(2)28(38,15-36-17-32-16-34-36)24-11-8-21(30)12-25(24)31/h4-13,16-18,33,38H,3,14-15H2,1-2H3/t18-,28-/m1/s1.